The van der Waals surface area contributed by atoms with Crippen LogP contribution in [0.4, 0.5) is 4.39 Å². The summed E-state index contributed by atoms with van der Waals surface area (Å²) < 4.78 is 18.3. The number of benzene rings is 1. The lowest BCUT2D eigenvalue weighted by molar-refractivity contribution is 0.151. The van der Waals surface area contributed by atoms with Crippen LogP contribution < -0.4 is 4.74 Å². The minimum absolute atomic E-state index is 0.292. The number of rotatable bonds is 5. The number of aliphatic hydroxyl groups is 2. The van der Waals surface area contributed by atoms with Crippen LogP contribution in [-0.2, 0) is 0 Å². The van der Waals surface area contributed by atoms with Crippen molar-refractivity contribution >= 4 is 0 Å². The van der Waals surface area contributed by atoms with Crippen LogP contribution in [0.2, 0.25) is 0 Å². The van der Waals surface area contributed by atoms with Gasteiger partial charge in [-0.1, -0.05) is 0 Å². The Morgan fingerprint density at radius 3 is 2.56 bits per heavy atom. The molecule has 0 spiro atoms. The molecule has 0 radical (unpaired) electrons. The van der Waals surface area contributed by atoms with Gasteiger partial charge in [-0.25, -0.2) is 4.39 Å². The van der Waals surface area contributed by atoms with Crippen molar-refractivity contribution in [3.63, 3.8) is 0 Å². The lowest BCUT2D eigenvalue weighted by Crippen LogP contribution is -2.09. The number of hydrogen-bond acceptors (Lipinski definition) is 3. The first kappa shape index (κ1) is 12.9. The maximum Gasteiger partial charge on any atom is 0.127 e. The van der Waals surface area contributed by atoms with E-state index in [0.717, 1.165) is 0 Å². The van der Waals surface area contributed by atoms with E-state index in [4.69, 9.17) is 9.84 Å². The molecule has 0 bridgehead atoms. The zero-order chi connectivity index (χ0) is 12.1. The lowest BCUT2D eigenvalue weighted by atomic mass is 10.1. The molecule has 1 rings (SSSR count). The fourth-order valence-corrected chi connectivity index (χ4v) is 1.32. The van der Waals surface area contributed by atoms with Gasteiger partial charge >= 0.3 is 0 Å². The zero-order valence-electron chi connectivity index (χ0n) is 9.48. The third-order valence-electron chi connectivity index (χ3n) is 2.22. The molecule has 0 saturated heterocycles. The van der Waals surface area contributed by atoms with Crippen LogP contribution in [0.3, 0.4) is 0 Å². The molecule has 0 saturated carbocycles. The topological polar surface area (TPSA) is 49.7 Å². The third kappa shape index (κ3) is 3.79. The first-order valence-electron chi connectivity index (χ1n) is 5.29. The normalized spacial score (nSPS) is 14.6. The summed E-state index contributed by atoms with van der Waals surface area (Å²) in [6, 6.07) is 4.02. The van der Waals surface area contributed by atoms with E-state index < -0.39 is 18.0 Å². The summed E-state index contributed by atoms with van der Waals surface area (Å²) in [5, 5.41) is 18.5. The van der Waals surface area contributed by atoms with Crippen molar-refractivity contribution in [2.24, 2.45) is 0 Å². The van der Waals surface area contributed by atoms with Gasteiger partial charge in [0.2, 0.25) is 0 Å². The van der Waals surface area contributed by atoms with Gasteiger partial charge in [-0.15, -0.1) is 0 Å². The summed E-state index contributed by atoms with van der Waals surface area (Å²) in [5.74, 6) is -0.0768. The van der Waals surface area contributed by atoms with Crippen molar-refractivity contribution in [1.29, 1.82) is 0 Å². The molecule has 0 heterocycles. The van der Waals surface area contributed by atoms with Crippen LogP contribution in [0.5, 0.6) is 5.75 Å². The molecule has 0 aliphatic heterocycles. The molecule has 0 aliphatic rings. The van der Waals surface area contributed by atoms with Crippen LogP contribution in [0.15, 0.2) is 18.2 Å². The van der Waals surface area contributed by atoms with Gasteiger partial charge in [0, 0.05) is 18.1 Å². The Morgan fingerprint density at radius 2 is 2.00 bits per heavy atom. The van der Waals surface area contributed by atoms with Gasteiger partial charge in [-0.05, 0) is 26.0 Å². The average Bonchev–Trinajstić information content (AvgIpc) is 2.16. The molecule has 3 nitrogen and oxygen atoms in total. The van der Waals surface area contributed by atoms with E-state index >= 15 is 0 Å². The Bertz CT molecular complexity index is 337. The Kier molecular flexibility index (Phi) is 4.71. The Labute approximate surface area is 94.5 Å². The van der Waals surface area contributed by atoms with E-state index in [1.165, 1.54) is 18.2 Å². The van der Waals surface area contributed by atoms with Crippen molar-refractivity contribution in [2.45, 2.75) is 32.5 Å². The molecule has 1 aromatic rings. The summed E-state index contributed by atoms with van der Waals surface area (Å²) in [6.07, 6.45) is -0.693. The van der Waals surface area contributed by atoms with Crippen LogP contribution in [-0.4, -0.2) is 22.9 Å². The van der Waals surface area contributed by atoms with E-state index in [2.05, 4.69) is 0 Å². The molecule has 0 fully saturated rings. The predicted molar refractivity (Wildman–Crippen MR) is 58.8 cm³/mol. The molecule has 0 aromatic heterocycles. The molecule has 90 valence electrons. The SMILES string of the molecule is CC(O)CCOc1cc(F)ccc1[C@H](C)O. The number of aliphatic hydroxyl groups excluding tert-OH is 2. The second kappa shape index (κ2) is 5.82. The highest BCUT2D eigenvalue weighted by atomic mass is 19.1. The smallest absolute Gasteiger partial charge is 0.127 e. The maximum absolute atomic E-state index is 13.0. The zero-order valence-corrected chi connectivity index (χ0v) is 9.48. The van der Waals surface area contributed by atoms with E-state index in [-0.39, 0.29) is 0 Å². The van der Waals surface area contributed by atoms with Crippen molar-refractivity contribution in [3.8, 4) is 5.75 Å². The lowest BCUT2D eigenvalue weighted by Gasteiger charge is -2.14. The van der Waals surface area contributed by atoms with Crippen LogP contribution >= 0.6 is 0 Å². The highest BCUT2D eigenvalue weighted by molar-refractivity contribution is 5.35. The number of halogens is 1. The fraction of sp³-hybridized carbons (Fsp3) is 0.500. The van der Waals surface area contributed by atoms with Crippen molar-refractivity contribution in [2.75, 3.05) is 6.61 Å². The van der Waals surface area contributed by atoms with Gasteiger partial charge in [-0.2, -0.15) is 0 Å². The van der Waals surface area contributed by atoms with E-state index in [9.17, 15) is 9.50 Å². The van der Waals surface area contributed by atoms with Gasteiger partial charge in [0.15, 0.2) is 0 Å². The predicted octanol–water partition coefficient (Wildman–Crippen LogP) is 2.03. The van der Waals surface area contributed by atoms with Crippen LogP contribution in [0.1, 0.15) is 31.9 Å². The molecule has 1 unspecified atom stereocenters. The molecule has 0 aliphatic carbocycles. The van der Waals surface area contributed by atoms with E-state index in [0.29, 0.717) is 24.3 Å². The molecule has 0 amide bonds. The first-order valence-corrected chi connectivity index (χ1v) is 5.29. The quantitative estimate of drug-likeness (QED) is 0.810. The monoisotopic (exact) mass is 228 g/mol. The molecule has 16 heavy (non-hydrogen) atoms. The summed E-state index contributed by atoms with van der Waals surface area (Å²) in [4.78, 5) is 0. The van der Waals surface area contributed by atoms with E-state index in [1.54, 1.807) is 13.8 Å². The number of hydrogen-bond donors (Lipinski definition) is 2. The molecule has 4 heteroatoms. The largest absolute Gasteiger partial charge is 0.493 e. The molecular formula is C12H17FO3. The Morgan fingerprint density at radius 1 is 1.31 bits per heavy atom. The van der Waals surface area contributed by atoms with Crippen molar-refractivity contribution < 1.29 is 19.3 Å². The fourth-order valence-electron chi connectivity index (χ4n) is 1.32. The van der Waals surface area contributed by atoms with Crippen LogP contribution in [0.25, 0.3) is 0 Å². The minimum Gasteiger partial charge on any atom is -0.493 e. The van der Waals surface area contributed by atoms with Crippen molar-refractivity contribution in [1.82, 2.24) is 0 Å². The minimum atomic E-state index is -0.706. The van der Waals surface area contributed by atoms with E-state index in [1.807, 2.05) is 0 Å². The van der Waals surface area contributed by atoms with Crippen LogP contribution in [0, 0.1) is 5.82 Å². The Balaban J connectivity index is 2.72. The van der Waals surface area contributed by atoms with Gasteiger partial charge in [0.25, 0.3) is 0 Å². The second-order valence-corrected chi connectivity index (χ2v) is 3.84. The second-order valence-electron chi connectivity index (χ2n) is 3.84. The summed E-state index contributed by atoms with van der Waals surface area (Å²) in [7, 11) is 0. The first-order chi connectivity index (χ1) is 7.50. The molecule has 2 atom stereocenters. The van der Waals surface area contributed by atoms with Gasteiger partial charge in [0.05, 0.1) is 18.8 Å². The summed E-state index contributed by atoms with van der Waals surface area (Å²) >= 11 is 0. The van der Waals surface area contributed by atoms with Gasteiger partial charge < -0.3 is 14.9 Å². The highest BCUT2D eigenvalue weighted by Gasteiger charge is 2.10. The third-order valence-corrected chi connectivity index (χ3v) is 2.22. The van der Waals surface area contributed by atoms with Crippen molar-refractivity contribution in [3.05, 3.63) is 29.6 Å². The average molecular weight is 228 g/mol. The number of ether oxygens (including phenoxy) is 1. The van der Waals surface area contributed by atoms with Gasteiger partial charge in [-0.3, -0.25) is 0 Å². The molecular weight excluding hydrogens is 211 g/mol. The maximum atomic E-state index is 13.0. The summed E-state index contributed by atoms with van der Waals surface area (Å²) in [5.41, 5.74) is 0.548. The van der Waals surface area contributed by atoms with Gasteiger partial charge in [0.1, 0.15) is 11.6 Å². The Hall–Kier alpha value is -1.13. The molecule has 1 aromatic carbocycles. The summed E-state index contributed by atoms with van der Waals surface area (Å²) in [6.45, 7) is 3.54. The highest BCUT2D eigenvalue weighted by Crippen LogP contribution is 2.26. The molecule has 2 N–H and O–H groups in total. The standard InChI is InChI=1S/C12H17FO3/c1-8(14)5-6-16-12-7-10(13)3-4-11(12)9(2)15/h3-4,7-9,14-15H,5-6H2,1-2H3/t8?,9-/m0/s1.